The number of hydrogen-bond donors (Lipinski definition) is 0. The van der Waals surface area contributed by atoms with Gasteiger partial charge < -0.3 is 4.74 Å². The van der Waals surface area contributed by atoms with Gasteiger partial charge in [0.2, 0.25) is 0 Å². The number of ketones is 1. The molecule has 1 aromatic heterocycles. The number of thiazole rings is 1. The molecule has 3 nitrogen and oxygen atoms in total. The number of ether oxygens (including phenoxy) is 1. The Morgan fingerprint density at radius 3 is 2.34 bits per heavy atom. The van der Waals surface area contributed by atoms with E-state index in [2.05, 4.69) is 29.2 Å². The van der Waals surface area contributed by atoms with Crippen molar-refractivity contribution in [2.45, 2.75) is 19.8 Å². The molecule has 32 heavy (non-hydrogen) atoms. The number of rotatable bonds is 7. The van der Waals surface area contributed by atoms with E-state index in [1.54, 1.807) is 11.3 Å². The molecule has 5 rings (SSSR count). The highest BCUT2D eigenvalue weighted by Crippen LogP contribution is 2.45. The third-order valence-corrected chi connectivity index (χ3v) is 6.68. The number of fused-ring (bicyclic) bond motifs is 1. The van der Waals surface area contributed by atoms with Gasteiger partial charge in [-0.25, -0.2) is 4.98 Å². The van der Waals surface area contributed by atoms with E-state index in [9.17, 15) is 4.79 Å². The van der Waals surface area contributed by atoms with Crippen LogP contribution in [-0.2, 0) is 6.42 Å². The average Bonchev–Trinajstić information content (AvgIpc) is 3.38. The van der Waals surface area contributed by atoms with Gasteiger partial charge in [0.05, 0.1) is 22.7 Å². The van der Waals surface area contributed by atoms with E-state index in [1.165, 1.54) is 5.56 Å². The summed E-state index contributed by atoms with van der Waals surface area (Å²) in [5, 5.41) is 0. The van der Waals surface area contributed by atoms with Crippen LogP contribution < -0.4 is 4.74 Å². The first kappa shape index (κ1) is 20.4. The van der Waals surface area contributed by atoms with Crippen LogP contribution in [0.2, 0.25) is 0 Å². The number of aryl methyl sites for hydroxylation is 2. The Balaban J connectivity index is 1.42. The van der Waals surface area contributed by atoms with Gasteiger partial charge in [-0.1, -0.05) is 60.7 Å². The molecule has 0 unspecified atom stereocenters. The quantitative estimate of drug-likeness (QED) is 0.305. The monoisotopic (exact) mass is 437 g/mol. The highest BCUT2D eigenvalue weighted by molar-refractivity contribution is 7.11. The lowest BCUT2D eigenvalue weighted by Gasteiger charge is -2.09. The molecule has 4 heteroatoms. The smallest absolute Gasteiger partial charge is 0.195 e. The minimum Gasteiger partial charge on any atom is -0.494 e. The summed E-state index contributed by atoms with van der Waals surface area (Å²) in [6.45, 7) is 2.61. The lowest BCUT2D eigenvalue weighted by atomic mass is 9.98. The molecule has 0 radical (unpaired) electrons. The van der Waals surface area contributed by atoms with E-state index >= 15 is 0 Å². The zero-order valence-electron chi connectivity index (χ0n) is 17.9. The van der Waals surface area contributed by atoms with Gasteiger partial charge in [0, 0.05) is 16.7 Å². The van der Waals surface area contributed by atoms with Gasteiger partial charge in [-0.2, -0.15) is 0 Å². The largest absolute Gasteiger partial charge is 0.494 e. The maximum absolute atomic E-state index is 13.6. The average molecular weight is 438 g/mol. The molecule has 3 aromatic carbocycles. The summed E-state index contributed by atoms with van der Waals surface area (Å²) >= 11 is 1.58. The highest BCUT2D eigenvalue weighted by Gasteiger charge is 2.33. The van der Waals surface area contributed by atoms with Crippen LogP contribution >= 0.6 is 11.3 Å². The molecular weight excluding hydrogens is 414 g/mol. The van der Waals surface area contributed by atoms with Crippen molar-refractivity contribution in [1.29, 1.82) is 0 Å². The number of allylic oxidation sites excluding steroid dienone is 1. The van der Waals surface area contributed by atoms with Crippen LogP contribution in [0.4, 0.5) is 0 Å². The summed E-state index contributed by atoms with van der Waals surface area (Å²) in [4.78, 5) is 19.0. The highest BCUT2D eigenvalue weighted by atomic mass is 32.1. The molecule has 0 spiro atoms. The fourth-order valence-electron chi connectivity index (χ4n) is 4.17. The van der Waals surface area contributed by atoms with Crippen LogP contribution in [0.25, 0.3) is 11.1 Å². The van der Waals surface area contributed by atoms with E-state index < -0.39 is 0 Å². The maximum Gasteiger partial charge on any atom is 0.195 e. The van der Waals surface area contributed by atoms with E-state index in [1.807, 2.05) is 67.0 Å². The van der Waals surface area contributed by atoms with Gasteiger partial charge in [0.15, 0.2) is 5.78 Å². The van der Waals surface area contributed by atoms with Crippen molar-refractivity contribution >= 4 is 28.3 Å². The van der Waals surface area contributed by atoms with Crippen molar-refractivity contribution < 1.29 is 9.53 Å². The number of nitrogens with zero attached hydrogens (tertiary/aromatic N) is 1. The molecule has 0 N–H and O–H groups in total. The normalized spacial score (nSPS) is 12.8. The fourth-order valence-corrected chi connectivity index (χ4v) is 5.04. The van der Waals surface area contributed by atoms with Crippen LogP contribution in [0.1, 0.15) is 44.0 Å². The van der Waals surface area contributed by atoms with Crippen molar-refractivity contribution in [3.63, 3.8) is 0 Å². The Morgan fingerprint density at radius 2 is 1.62 bits per heavy atom. The van der Waals surface area contributed by atoms with Gasteiger partial charge in [0.1, 0.15) is 5.75 Å². The summed E-state index contributed by atoms with van der Waals surface area (Å²) in [6.07, 6.45) is 1.90. The van der Waals surface area contributed by atoms with Crippen molar-refractivity contribution in [3.8, 4) is 5.75 Å². The predicted molar refractivity (Wildman–Crippen MR) is 130 cm³/mol. The van der Waals surface area contributed by atoms with Crippen LogP contribution in [0.15, 0.2) is 84.4 Å². The van der Waals surface area contributed by atoms with Gasteiger partial charge in [0.25, 0.3) is 0 Å². The van der Waals surface area contributed by atoms with Crippen LogP contribution in [-0.4, -0.2) is 17.4 Å². The van der Waals surface area contributed by atoms with Gasteiger partial charge >= 0.3 is 0 Å². The van der Waals surface area contributed by atoms with Crippen molar-refractivity contribution in [2.24, 2.45) is 0 Å². The molecule has 1 aliphatic rings. The van der Waals surface area contributed by atoms with Crippen molar-refractivity contribution in [2.75, 3.05) is 6.61 Å². The third kappa shape index (κ3) is 3.90. The summed E-state index contributed by atoms with van der Waals surface area (Å²) < 4.78 is 6.01. The van der Waals surface area contributed by atoms with Crippen LogP contribution in [0.3, 0.4) is 0 Å². The predicted octanol–water partition coefficient (Wildman–Crippen LogP) is 6.62. The Bertz CT molecular complexity index is 1290. The number of hydrogen-bond acceptors (Lipinski definition) is 4. The second kappa shape index (κ2) is 8.93. The van der Waals surface area contributed by atoms with Crippen molar-refractivity contribution in [3.05, 3.63) is 117 Å². The molecule has 0 saturated carbocycles. The molecule has 0 aliphatic heterocycles. The number of carbonyl (C=O) groups excluding carboxylic acids is 1. The number of carbonyl (C=O) groups is 1. The summed E-state index contributed by atoms with van der Waals surface area (Å²) in [5.41, 5.74) is 8.40. The molecule has 0 saturated heterocycles. The van der Waals surface area contributed by atoms with E-state index in [-0.39, 0.29) is 5.78 Å². The molecule has 158 valence electrons. The number of benzene rings is 3. The first-order valence-corrected chi connectivity index (χ1v) is 11.7. The zero-order valence-corrected chi connectivity index (χ0v) is 18.7. The van der Waals surface area contributed by atoms with E-state index in [0.717, 1.165) is 51.4 Å². The van der Waals surface area contributed by atoms with Crippen molar-refractivity contribution in [1.82, 2.24) is 4.98 Å². The Hall–Kier alpha value is -3.50. The van der Waals surface area contributed by atoms with Gasteiger partial charge in [-0.15, -0.1) is 11.3 Å². The topological polar surface area (TPSA) is 39.2 Å². The Kier molecular flexibility index (Phi) is 5.70. The Morgan fingerprint density at radius 1 is 0.875 bits per heavy atom. The Labute approximate surface area is 192 Å². The molecular formula is C28H23NO2S. The molecule has 0 bridgehead atoms. The lowest BCUT2D eigenvalue weighted by Crippen LogP contribution is -2.02. The van der Waals surface area contributed by atoms with Gasteiger partial charge in [-0.3, -0.25) is 4.79 Å². The molecule has 0 amide bonds. The molecule has 1 aliphatic carbocycles. The molecule has 1 heterocycles. The second-order valence-corrected chi connectivity index (χ2v) is 8.71. The number of aromatic nitrogens is 1. The minimum absolute atomic E-state index is 0.0451. The van der Waals surface area contributed by atoms with Gasteiger partial charge in [-0.05, 0) is 54.7 Å². The molecule has 0 fully saturated rings. The summed E-state index contributed by atoms with van der Waals surface area (Å²) in [7, 11) is 0. The molecule has 0 atom stereocenters. The van der Waals surface area contributed by atoms with Crippen LogP contribution in [0.5, 0.6) is 5.75 Å². The SMILES string of the molecule is Cc1ncsc1C1=C(c2ccccc2)C(=O)c2cc(OCCCc3ccccc3)ccc21. The first-order valence-electron chi connectivity index (χ1n) is 10.8. The van der Waals surface area contributed by atoms with E-state index in [4.69, 9.17) is 4.74 Å². The number of Topliss-reactive ketones (excluding diaryl/α,β-unsaturated/α-hetero) is 1. The third-order valence-electron chi connectivity index (χ3n) is 5.74. The fraction of sp³-hybridized carbons (Fsp3) is 0.143. The zero-order chi connectivity index (χ0) is 21.9. The summed E-state index contributed by atoms with van der Waals surface area (Å²) in [5.74, 6) is 0.781. The summed E-state index contributed by atoms with van der Waals surface area (Å²) in [6, 6.07) is 26.2. The minimum atomic E-state index is 0.0451. The first-order chi connectivity index (χ1) is 15.7. The standard InChI is InChI=1S/C28H23NO2S/c1-19-28(32-18-29-19)26-23-15-14-22(31-16-8-11-20-9-4-2-5-10-20)17-24(23)27(30)25(26)21-12-6-3-7-13-21/h2-7,9-10,12-15,17-18H,8,11,16H2,1H3. The molecule has 4 aromatic rings. The van der Waals surface area contributed by atoms with E-state index in [0.29, 0.717) is 12.2 Å². The lowest BCUT2D eigenvalue weighted by molar-refractivity contribution is 0.105. The van der Waals surface area contributed by atoms with Crippen LogP contribution in [0, 0.1) is 6.92 Å². The second-order valence-electron chi connectivity index (χ2n) is 7.86. The maximum atomic E-state index is 13.6.